The van der Waals surface area contributed by atoms with Crippen LogP contribution in [-0.4, -0.2) is 48.7 Å². The third kappa shape index (κ3) is 5.95. The Morgan fingerprint density at radius 3 is 2.41 bits per heavy atom. The van der Waals surface area contributed by atoms with E-state index in [4.69, 9.17) is 25.8 Å². The highest BCUT2D eigenvalue weighted by atomic mass is 35.5. The zero-order chi connectivity index (χ0) is 20.8. The summed E-state index contributed by atoms with van der Waals surface area (Å²) in [7, 11) is 0. The number of para-hydroxylation sites is 1. The maximum Gasteiger partial charge on any atom is 0.342 e. The number of amides is 1. The van der Waals surface area contributed by atoms with Gasteiger partial charge in [-0.1, -0.05) is 35.9 Å². The molecule has 0 aliphatic carbocycles. The molecule has 0 saturated carbocycles. The number of nitrogens with zero attached hydrogens (tertiary/aromatic N) is 1. The largest absolute Gasteiger partial charge is 0.488 e. The zero-order valence-electron chi connectivity index (χ0n) is 16.5. The van der Waals surface area contributed by atoms with Crippen molar-refractivity contribution in [3.8, 4) is 5.75 Å². The summed E-state index contributed by atoms with van der Waals surface area (Å²) in [6.07, 6.45) is -0.0826. The Balaban J connectivity index is 1.58. The van der Waals surface area contributed by atoms with E-state index in [1.54, 1.807) is 41.3 Å². The van der Waals surface area contributed by atoms with E-state index in [1.807, 2.05) is 26.0 Å². The second kappa shape index (κ2) is 9.76. The first-order valence-electron chi connectivity index (χ1n) is 9.49. The Morgan fingerprint density at radius 2 is 1.72 bits per heavy atom. The molecule has 2 aromatic carbocycles. The number of carbonyl (C=O) groups excluding carboxylic acids is 2. The van der Waals surface area contributed by atoms with Crippen molar-refractivity contribution in [3.63, 3.8) is 0 Å². The van der Waals surface area contributed by atoms with Gasteiger partial charge in [-0.05, 0) is 43.7 Å². The molecule has 1 amide bonds. The number of benzene rings is 2. The van der Waals surface area contributed by atoms with Crippen molar-refractivity contribution in [1.82, 2.24) is 4.90 Å². The monoisotopic (exact) mass is 417 g/mol. The molecular weight excluding hydrogens is 394 g/mol. The summed E-state index contributed by atoms with van der Waals surface area (Å²) in [4.78, 5) is 26.6. The van der Waals surface area contributed by atoms with E-state index >= 15 is 0 Å². The normalized spacial score (nSPS) is 18.9. The highest BCUT2D eigenvalue weighted by Gasteiger charge is 2.26. The summed E-state index contributed by atoms with van der Waals surface area (Å²) in [5.41, 5.74) is 1.20. The number of morpholine rings is 1. The Bertz CT molecular complexity index is 845. The fraction of sp³-hybridized carbons (Fsp3) is 0.364. The van der Waals surface area contributed by atoms with Crippen LogP contribution in [-0.2, 0) is 20.9 Å². The third-order valence-corrected chi connectivity index (χ3v) is 4.77. The smallest absolute Gasteiger partial charge is 0.342 e. The molecule has 1 aliphatic rings. The molecule has 6 nitrogen and oxygen atoms in total. The van der Waals surface area contributed by atoms with Gasteiger partial charge in [-0.15, -0.1) is 0 Å². The molecule has 29 heavy (non-hydrogen) atoms. The van der Waals surface area contributed by atoms with Crippen molar-refractivity contribution in [2.45, 2.75) is 32.7 Å². The van der Waals surface area contributed by atoms with Crippen molar-refractivity contribution >= 4 is 23.5 Å². The van der Waals surface area contributed by atoms with E-state index in [1.165, 1.54) is 0 Å². The van der Waals surface area contributed by atoms with Gasteiger partial charge < -0.3 is 19.1 Å². The predicted octanol–water partition coefficient (Wildman–Crippen LogP) is 3.71. The quantitative estimate of drug-likeness (QED) is 0.670. The number of carbonyl (C=O) groups is 2. The molecule has 1 aliphatic heterocycles. The average molecular weight is 418 g/mol. The van der Waals surface area contributed by atoms with E-state index in [0.717, 1.165) is 5.56 Å². The Labute approximate surface area is 175 Å². The first-order valence-corrected chi connectivity index (χ1v) is 9.87. The maximum absolute atomic E-state index is 12.5. The molecule has 2 atom stereocenters. The first-order chi connectivity index (χ1) is 13.9. The number of hydrogen-bond acceptors (Lipinski definition) is 5. The van der Waals surface area contributed by atoms with E-state index in [0.29, 0.717) is 23.9 Å². The van der Waals surface area contributed by atoms with Gasteiger partial charge in [0, 0.05) is 18.1 Å². The third-order valence-electron chi connectivity index (χ3n) is 4.51. The molecular formula is C22H24ClNO5. The molecule has 0 spiro atoms. The van der Waals surface area contributed by atoms with Gasteiger partial charge in [-0.2, -0.15) is 0 Å². The Kier molecular flexibility index (Phi) is 7.12. The van der Waals surface area contributed by atoms with Gasteiger partial charge in [0.1, 0.15) is 17.9 Å². The summed E-state index contributed by atoms with van der Waals surface area (Å²) in [6, 6.07) is 14.1. The molecule has 0 N–H and O–H groups in total. The minimum absolute atomic E-state index is 0.0413. The number of esters is 1. The van der Waals surface area contributed by atoms with Gasteiger partial charge in [0.05, 0.1) is 12.2 Å². The first kappa shape index (κ1) is 21.1. The van der Waals surface area contributed by atoms with Gasteiger partial charge in [0.25, 0.3) is 5.91 Å². The minimum atomic E-state index is -0.598. The van der Waals surface area contributed by atoms with Crippen LogP contribution in [0.5, 0.6) is 5.75 Å². The lowest BCUT2D eigenvalue weighted by Gasteiger charge is -2.35. The molecule has 7 heteroatoms. The molecule has 0 radical (unpaired) electrons. The fourth-order valence-corrected chi connectivity index (χ4v) is 3.31. The van der Waals surface area contributed by atoms with Crippen LogP contribution in [0.15, 0.2) is 48.5 Å². The van der Waals surface area contributed by atoms with E-state index in [2.05, 4.69) is 0 Å². The van der Waals surface area contributed by atoms with Crippen LogP contribution in [0.25, 0.3) is 0 Å². The van der Waals surface area contributed by atoms with Gasteiger partial charge >= 0.3 is 5.97 Å². The number of halogens is 1. The minimum Gasteiger partial charge on any atom is -0.488 e. The molecule has 0 bridgehead atoms. The van der Waals surface area contributed by atoms with Crippen LogP contribution < -0.4 is 4.74 Å². The summed E-state index contributed by atoms with van der Waals surface area (Å²) in [5.74, 6) is -0.437. The standard InChI is InChI=1S/C22H24ClNO5/c1-15-11-24(12-16(2)29-15)21(25)14-28-22(26)19-5-3-4-6-20(19)27-13-17-7-9-18(23)10-8-17/h3-10,15-16H,11-14H2,1-2H3/t15-,16-/m0/s1. The summed E-state index contributed by atoms with van der Waals surface area (Å²) < 4.78 is 16.7. The lowest BCUT2D eigenvalue weighted by Crippen LogP contribution is -2.49. The molecule has 1 fully saturated rings. The van der Waals surface area contributed by atoms with Crippen LogP contribution in [0, 0.1) is 0 Å². The fourth-order valence-electron chi connectivity index (χ4n) is 3.18. The molecule has 2 aromatic rings. The van der Waals surface area contributed by atoms with Gasteiger partial charge in [-0.3, -0.25) is 4.79 Å². The van der Waals surface area contributed by atoms with Crippen molar-refractivity contribution in [3.05, 3.63) is 64.7 Å². The number of rotatable bonds is 6. The molecule has 1 heterocycles. The molecule has 1 saturated heterocycles. The van der Waals surface area contributed by atoms with Crippen molar-refractivity contribution in [2.75, 3.05) is 19.7 Å². The lowest BCUT2D eigenvalue weighted by molar-refractivity contribution is -0.146. The molecule has 0 aromatic heterocycles. The molecule has 0 unspecified atom stereocenters. The Hall–Kier alpha value is -2.57. The van der Waals surface area contributed by atoms with Gasteiger partial charge in [-0.25, -0.2) is 4.79 Å². The van der Waals surface area contributed by atoms with Crippen LogP contribution >= 0.6 is 11.6 Å². The zero-order valence-corrected chi connectivity index (χ0v) is 17.2. The van der Waals surface area contributed by atoms with E-state index in [-0.39, 0.29) is 36.9 Å². The van der Waals surface area contributed by atoms with Crippen molar-refractivity contribution in [2.24, 2.45) is 0 Å². The SMILES string of the molecule is C[C@H]1CN(C(=O)COC(=O)c2ccccc2OCc2ccc(Cl)cc2)C[C@H](C)O1. The second-order valence-corrected chi connectivity index (χ2v) is 7.48. The van der Waals surface area contributed by atoms with Crippen molar-refractivity contribution in [1.29, 1.82) is 0 Å². The summed E-state index contributed by atoms with van der Waals surface area (Å²) in [5, 5.41) is 0.645. The van der Waals surface area contributed by atoms with Crippen molar-refractivity contribution < 1.29 is 23.8 Å². The van der Waals surface area contributed by atoms with E-state index in [9.17, 15) is 9.59 Å². The summed E-state index contributed by atoms with van der Waals surface area (Å²) >= 11 is 5.89. The van der Waals surface area contributed by atoms with Gasteiger partial charge in [0.2, 0.25) is 0 Å². The average Bonchev–Trinajstić information content (AvgIpc) is 2.71. The lowest BCUT2D eigenvalue weighted by atomic mass is 10.2. The predicted molar refractivity (Wildman–Crippen MR) is 109 cm³/mol. The van der Waals surface area contributed by atoms with Crippen LogP contribution in [0.3, 0.4) is 0 Å². The number of hydrogen-bond donors (Lipinski definition) is 0. The van der Waals surface area contributed by atoms with E-state index < -0.39 is 5.97 Å². The molecule has 154 valence electrons. The number of ether oxygens (including phenoxy) is 3. The second-order valence-electron chi connectivity index (χ2n) is 7.04. The maximum atomic E-state index is 12.5. The van der Waals surface area contributed by atoms with Crippen LogP contribution in [0.1, 0.15) is 29.8 Å². The summed E-state index contributed by atoms with van der Waals surface area (Å²) in [6.45, 7) is 4.77. The van der Waals surface area contributed by atoms with Gasteiger partial charge in [0.15, 0.2) is 6.61 Å². The highest BCUT2D eigenvalue weighted by Crippen LogP contribution is 2.21. The topological polar surface area (TPSA) is 65.1 Å². The molecule has 3 rings (SSSR count). The van der Waals surface area contributed by atoms with Crippen LogP contribution in [0.2, 0.25) is 5.02 Å². The van der Waals surface area contributed by atoms with Crippen LogP contribution in [0.4, 0.5) is 0 Å². The Morgan fingerprint density at radius 1 is 1.07 bits per heavy atom. The highest BCUT2D eigenvalue weighted by molar-refractivity contribution is 6.30.